The predicted octanol–water partition coefficient (Wildman–Crippen LogP) is -1.48. The molecule has 1 rings (SSSR count). The van der Waals surface area contributed by atoms with Gasteiger partial charge in [0.15, 0.2) is 5.75 Å². The second kappa shape index (κ2) is 4.24. The van der Waals surface area contributed by atoms with Gasteiger partial charge in [-0.1, -0.05) is 0 Å². The van der Waals surface area contributed by atoms with E-state index in [-0.39, 0.29) is 6.04 Å². The summed E-state index contributed by atoms with van der Waals surface area (Å²) >= 11 is 0. The van der Waals surface area contributed by atoms with Crippen molar-refractivity contribution in [2.75, 3.05) is 26.0 Å². The summed E-state index contributed by atoms with van der Waals surface area (Å²) in [5, 5.41) is 0. The van der Waals surface area contributed by atoms with Crippen molar-refractivity contribution >= 4 is 16.0 Å². The van der Waals surface area contributed by atoms with Crippen LogP contribution in [-0.2, 0) is 19.6 Å². The van der Waals surface area contributed by atoms with Crippen LogP contribution in [0.1, 0.15) is 6.42 Å². The lowest BCUT2D eigenvalue weighted by molar-refractivity contribution is -0.137. The fourth-order valence-corrected chi connectivity index (χ4v) is 2.71. The normalized spacial score (nSPS) is 23.7. The van der Waals surface area contributed by atoms with E-state index in [1.165, 1.54) is 4.31 Å². The summed E-state index contributed by atoms with van der Waals surface area (Å²) in [7, 11) is -2.37. The molecule has 1 saturated heterocycles. The van der Waals surface area contributed by atoms with Crippen molar-refractivity contribution < 1.29 is 17.9 Å². The number of ether oxygens (including phenoxy) is 1. The lowest BCUT2D eigenvalue weighted by Gasteiger charge is -2.14. The van der Waals surface area contributed by atoms with Crippen LogP contribution in [-0.4, -0.2) is 50.7 Å². The van der Waals surface area contributed by atoms with E-state index in [4.69, 9.17) is 5.73 Å². The molecule has 1 heterocycles. The third kappa shape index (κ3) is 2.66. The molecular formula is C7H14N2O4S. The second-order valence-corrected chi connectivity index (χ2v) is 5.21. The Hall–Kier alpha value is -0.660. The van der Waals surface area contributed by atoms with E-state index in [2.05, 4.69) is 4.74 Å². The Bertz CT molecular complexity index is 314. The Morgan fingerprint density at radius 2 is 2.29 bits per heavy atom. The van der Waals surface area contributed by atoms with Gasteiger partial charge in [0.05, 0.1) is 7.11 Å². The first-order chi connectivity index (χ1) is 6.45. The highest BCUT2D eigenvalue weighted by Gasteiger charge is 2.31. The number of methoxy groups -OCH3 is 1. The first-order valence-corrected chi connectivity index (χ1v) is 5.87. The molecule has 1 atom stereocenters. The van der Waals surface area contributed by atoms with E-state index >= 15 is 0 Å². The van der Waals surface area contributed by atoms with Crippen LogP contribution < -0.4 is 5.73 Å². The van der Waals surface area contributed by atoms with Crippen molar-refractivity contribution in [3.63, 3.8) is 0 Å². The fraction of sp³-hybridized carbons (Fsp3) is 0.857. The highest BCUT2D eigenvalue weighted by molar-refractivity contribution is 7.89. The minimum Gasteiger partial charge on any atom is -0.468 e. The van der Waals surface area contributed by atoms with Gasteiger partial charge in [-0.2, -0.15) is 4.31 Å². The van der Waals surface area contributed by atoms with Crippen molar-refractivity contribution in [2.45, 2.75) is 12.5 Å². The third-order valence-electron chi connectivity index (χ3n) is 2.11. The molecule has 1 fully saturated rings. The molecule has 0 spiro atoms. The summed E-state index contributed by atoms with van der Waals surface area (Å²) in [5.41, 5.74) is 5.56. The Morgan fingerprint density at radius 1 is 1.64 bits per heavy atom. The van der Waals surface area contributed by atoms with Gasteiger partial charge in [0.1, 0.15) is 0 Å². The van der Waals surface area contributed by atoms with Crippen LogP contribution in [0.5, 0.6) is 0 Å². The zero-order valence-electron chi connectivity index (χ0n) is 7.97. The number of esters is 1. The molecule has 1 aliphatic heterocycles. The minimum absolute atomic E-state index is 0.123. The van der Waals surface area contributed by atoms with Crippen LogP contribution in [0, 0.1) is 0 Å². The molecule has 0 aromatic rings. The van der Waals surface area contributed by atoms with Gasteiger partial charge >= 0.3 is 5.97 Å². The number of carbonyl (C=O) groups excluding carboxylic acids is 1. The van der Waals surface area contributed by atoms with Crippen molar-refractivity contribution in [3.8, 4) is 0 Å². The van der Waals surface area contributed by atoms with Gasteiger partial charge < -0.3 is 10.5 Å². The number of nitrogens with two attached hydrogens (primary N) is 1. The van der Waals surface area contributed by atoms with E-state index in [0.29, 0.717) is 19.5 Å². The van der Waals surface area contributed by atoms with Gasteiger partial charge in [0.25, 0.3) is 0 Å². The zero-order valence-corrected chi connectivity index (χ0v) is 8.79. The SMILES string of the molecule is COC(=O)CS(=O)(=O)N1CC[C@H](N)C1. The first-order valence-electron chi connectivity index (χ1n) is 4.26. The molecule has 0 aromatic carbocycles. The molecule has 0 aromatic heterocycles. The number of hydrogen-bond donors (Lipinski definition) is 1. The average molecular weight is 222 g/mol. The van der Waals surface area contributed by atoms with Crippen LogP contribution in [0.2, 0.25) is 0 Å². The maximum absolute atomic E-state index is 11.5. The van der Waals surface area contributed by atoms with Gasteiger partial charge in [0, 0.05) is 19.1 Å². The monoisotopic (exact) mass is 222 g/mol. The van der Waals surface area contributed by atoms with Gasteiger partial charge in [0.2, 0.25) is 10.0 Å². The molecule has 0 unspecified atom stereocenters. The van der Waals surface area contributed by atoms with Crippen LogP contribution >= 0.6 is 0 Å². The number of rotatable bonds is 3. The molecule has 0 radical (unpaired) electrons. The summed E-state index contributed by atoms with van der Waals surface area (Å²) < 4.78 is 28.6. The topological polar surface area (TPSA) is 89.7 Å². The molecule has 0 saturated carbocycles. The van der Waals surface area contributed by atoms with Gasteiger partial charge in [-0.05, 0) is 6.42 Å². The summed E-state index contributed by atoms with van der Waals surface area (Å²) in [6.45, 7) is 0.680. The smallest absolute Gasteiger partial charge is 0.322 e. The predicted molar refractivity (Wildman–Crippen MR) is 50.0 cm³/mol. The van der Waals surface area contributed by atoms with E-state index in [1.807, 2.05) is 0 Å². The quantitative estimate of drug-likeness (QED) is 0.588. The van der Waals surface area contributed by atoms with Crippen molar-refractivity contribution in [3.05, 3.63) is 0 Å². The van der Waals surface area contributed by atoms with Crippen LogP contribution in [0.4, 0.5) is 0 Å². The van der Waals surface area contributed by atoms with E-state index < -0.39 is 21.7 Å². The maximum Gasteiger partial charge on any atom is 0.322 e. The number of carbonyl (C=O) groups is 1. The second-order valence-electron chi connectivity index (χ2n) is 3.24. The van der Waals surface area contributed by atoms with Gasteiger partial charge in [-0.15, -0.1) is 0 Å². The van der Waals surface area contributed by atoms with Gasteiger partial charge in [-0.3, -0.25) is 4.79 Å². The third-order valence-corrected chi connectivity index (χ3v) is 3.83. The Morgan fingerprint density at radius 3 is 2.71 bits per heavy atom. The van der Waals surface area contributed by atoms with E-state index in [1.54, 1.807) is 0 Å². The standard InChI is InChI=1S/C7H14N2O4S/c1-13-7(10)5-14(11,12)9-3-2-6(8)4-9/h6H,2-5,8H2,1H3/t6-/m0/s1. The van der Waals surface area contributed by atoms with E-state index in [9.17, 15) is 13.2 Å². The Kier molecular flexibility index (Phi) is 3.46. The molecule has 0 aliphatic carbocycles. The van der Waals surface area contributed by atoms with Crippen molar-refractivity contribution in [1.29, 1.82) is 0 Å². The van der Waals surface area contributed by atoms with Crippen molar-refractivity contribution in [2.24, 2.45) is 5.73 Å². The number of sulfonamides is 1. The fourth-order valence-electron chi connectivity index (χ4n) is 1.31. The summed E-state index contributed by atoms with van der Waals surface area (Å²) in [5.74, 6) is -1.35. The molecular weight excluding hydrogens is 208 g/mol. The van der Waals surface area contributed by atoms with Gasteiger partial charge in [-0.25, -0.2) is 8.42 Å². The first kappa shape index (κ1) is 11.4. The van der Waals surface area contributed by atoms with Crippen molar-refractivity contribution in [1.82, 2.24) is 4.31 Å². The highest BCUT2D eigenvalue weighted by atomic mass is 32.2. The Balaban J connectivity index is 2.62. The minimum atomic E-state index is -3.53. The van der Waals surface area contributed by atoms with Crippen LogP contribution in [0.25, 0.3) is 0 Å². The molecule has 0 amide bonds. The van der Waals surface area contributed by atoms with Crippen LogP contribution in [0.3, 0.4) is 0 Å². The maximum atomic E-state index is 11.5. The largest absolute Gasteiger partial charge is 0.468 e. The van der Waals surface area contributed by atoms with E-state index in [0.717, 1.165) is 7.11 Å². The summed E-state index contributed by atoms with van der Waals surface area (Å²) in [6, 6.07) is -0.123. The molecule has 0 bridgehead atoms. The molecule has 14 heavy (non-hydrogen) atoms. The number of nitrogens with zero attached hydrogens (tertiary/aromatic N) is 1. The zero-order chi connectivity index (χ0) is 10.8. The molecule has 6 nitrogen and oxygen atoms in total. The number of hydrogen-bond acceptors (Lipinski definition) is 5. The molecule has 7 heteroatoms. The lowest BCUT2D eigenvalue weighted by Crippen LogP contribution is -2.36. The molecule has 2 N–H and O–H groups in total. The van der Waals surface area contributed by atoms with Crippen LogP contribution in [0.15, 0.2) is 0 Å². The summed E-state index contributed by atoms with van der Waals surface area (Å²) in [6.07, 6.45) is 0.639. The molecule has 1 aliphatic rings. The molecule has 82 valence electrons. The highest BCUT2D eigenvalue weighted by Crippen LogP contribution is 2.12. The lowest BCUT2D eigenvalue weighted by atomic mass is 10.3. The summed E-state index contributed by atoms with van der Waals surface area (Å²) in [4.78, 5) is 10.8. The average Bonchev–Trinajstić information content (AvgIpc) is 2.51. The Labute approximate surface area is 83.1 Å².